The van der Waals surface area contributed by atoms with Crippen molar-refractivity contribution in [3.05, 3.63) is 24.8 Å². The summed E-state index contributed by atoms with van der Waals surface area (Å²) in [5.74, 6) is -0.0723. The van der Waals surface area contributed by atoms with Gasteiger partial charge in [0.1, 0.15) is 0 Å². The zero-order valence-corrected chi connectivity index (χ0v) is 7.31. The third kappa shape index (κ3) is 2.22. The molecular formula is C10H15NO. The lowest BCUT2D eigenvalue weighted by Crippen LogP contribution is -2.32. The van der Waals surface area contributed by atoms with Crippen molar-refractivity contribution in [2.24, 2.45) is 0 Å². The van der Waals surface area contributed by atoms with Crippen molar-refractivity contribution in [3.63, 3.8) is 0 Å². The van der Waals surface area contributed by atoms with E-state index >= 15 is 0 Å². The molecule has 0 aliphatic heterocycles. The molecule has 1 aliphatic rings. The number of nitrogens with one attached hydrogen (secondary N) is 1. The lowest BCUT2D eigenvalue weighted by Gasteiger charge is -2.11. The smallest absolute Gasteiger partial charge is 0.250 e. The molecule has 0 heterocycles. The van der Waals surface area contributed by atoms with E-state index in [0.29, 0.717) is 11.6 Å². The van der Waals surface area contributed by atoms with Crippen molar-refractivity contribution in [2.45, 2.75) is 31.7 Å². The van der Waals surface area contributed by atoms with Gasteiger partial charge in [0.15, 0.2) is 0 Å². The summed E-state index contributed by atoms with van der Waals surface area (Å²) in [6.07, 6.45) is 6.16. The molecule has 1 fully saturated rings. The van der Waals surface area contributed by atoms with E-state index in [1.54, 1.807) is 0 Å². The van der Waals surface area contributed by atoms with Crippen LogP contribution in [0.25, 0.3) is 0 Å². The van der Waals surface area contributed by atoms with E-state index in [1.165, 1.54) is 18.9 Å². The van der Waals surface area contributed by atoms with Gasteiger partial charge in [-0.2, -0.15) is 0 Å². The molecule has 1 rings (SSSR count). The molecule has 2 heteroatoms. The minimum absolute atomic E-state index is 0.0723. The number of carbonyl (C=O) groups excluding carboxylic acids is 1. The van der Waals surface area contributed by atoms with Crippen LogP contribution in [0.2, 0.25) is 0 Å². The van der Waals surface area contributed by atoms with Gasteiger partial charge in [-0.25, -0.2) is 0 Å². The van der Waals surface area contributed by atoms with Gasteiger partial charge < -0.3 is 5.32 Å². The molecule has 66 valence electrons. The molecule has 1 amide bonds. The van der Waals surface area contributed by atoms with Gasteiger partial charge in [-0.15, -0.1) is 0 Å². The van der Waals surface area contributed by atoms with E-state index in [2.05, 4.69) is 18.5 Å². The number of hydrogen-bond donors (Lipinski definition) is 1. The van der Waals surface area contributed by atoms with Crippen LogP contribution >= 0.6 is 0 Å². The average molecular weight is 165 g/mol. The fraction of sp³-hybridized carbons (Fsp3) is 0.500. The fourth-order valence-electron chi connectivity index (χ4n) is 1.44. The maximum atomic E-state index is 11.2. The van der Waals surface area contributed by atoms with Crippen molar-refractivity contribution in [1.29, 1.82) is 0 Å². The topological polar surface area (TPSA) is 29.1 Å². The first-order chi connectivity index (χ1) is 5.74. The van der Waals surface area contributed by atoms with E-state index in [0.717, 1.165) is 12.8 Å². The summed E-state index contributed by atoms with van der Waals surface area (Å²) in [5.41, 5.74) is 0.460. The van der Waals surface area contributed by atoms with Crippen molar-refractivity contribution < 1.29 is 4.79 Å². The van der Waals surface area contributed by atoms with Gasteiger partial charge in [-0.05, 0) is 12.8 Å². The van der Waals surface area contributed by atoms with Gasteiger partial charge in [0.25, 0.3) is 5.91 Å². The zero-order valence-electron chi connectivity index (χ0n) is 7.31. The molecule has 0 unspecified atom stereocenters. The predicted molar refractivity (Wildman–Crippen MR) is 49.7 cm³/mol. The fourth-order valence-corrected chi connectivity index (χ4v) is 1.44. The number of amides is 1. The highest BCUT2D eigenvalue weighted by Crippen LogP contribution is 2.17. The van der Waals surface area contributed by atoms with Crippen molar-refractivity contribution in [1.82, 2.24) is 5.32 Å². The van der Waals surface area contributed by atoms with E-state index in [4.69, 9.17) is 0 Å². The normalized spacial score (nSPS) is 17.3. The largest absolute Gasteiger partial charge is 0.349 e. The van der Waals surface area contributed by atoms with Crippen LogP contribution in [0.5, 0.6) is 0 Å². The van der Waals surface area contributed by atoms with Crippen molar-refractivity contribution in [2.75, 3.05) is 0 Å². The van der Waals surface area contributed by atoms with Crippen LogP contribution in [0.15, 0.2) is 24.8 Å². The Morgan fingerprint density at radius 1 is 1.42 bits per heavy atom. The summed E-state index contributed by atoms with van der Waals surface area (Å²) in [6, 6.07) is 0.370. The molecule has 0 radical (unpaired) electrons. The molecule has 0 aromatic heterocycles. The minimum atomic E-state index is -0.0723. The monoisotopic (exact) mass is 165 g/mol. The maximum absolute atomic E-state index is 11.2. The predicted octanol–water partition coefficient (Wildman–Crippen LogP) is 1.79. The number of rotatable bonds is 3. The highest BCUT2D eigenvalue weighted by molar-refractivity contribution is 5.95. The Labute approximate surface area is 73.4 Å². The van der Waals surface area contributed by atoms with Gasteiger partial charge in [0, 0.05) is 11.6 Å². The van der Waals surface area contributed by atoms with Gasteiger partial charge in [0.2, 0.25) is 0 Å². The van der Waals surface area contributed by atoms with Gasteiger partial charge in [0.05, 0.1) is 0 Å². The Morgan fingerprint density at radius 2 is 2.00 bits per heavy atom. The van der Waals surface area contributed by atoms with E-state index < -0.39 is 0 Å². The second kappa shape index (κ2) is 4.10. The SMILES string of the molecule is C=CC(=C)C(=O)NC1CCCC1. The highest BCUT2D eigenvalue weighted by atomic mass is 16.1. The molecule has 1 N–H and O–H groups in total. The van der Waals surface area contributed by atoms with Crippen LogP contribution in [0.1, 0.15) is 25.7 Å². The molecule has 0 saturated heterocycles. The summed E-state index contributed by atoms with van der Waals surface area (Å²) in [4.78, 5) is 11.2. The zero-order chi connectivity index (χ0) is 8.97. The second-order valence-electron chi connectivity index (χ2n) is 3.18. The molecule has 0 aromatic carbocycles. The van der Waals surface area contributed by atoms with Crippen molar-refractivity contribution in [3.8, 4) is 0 Å². The van der Waals surface area contributed by atoms with E-state index in [9.17, 15) is 4.79 Å². The minimum Gasteiger partial charge on any atom is -0.349 e. The first-order valence-electron chi connectivity index (χ1n) is 4.36. The first kappa shape index (κ1) is 9.04. The molecule has 0 atom stereocenters. The van der Waals surface area contributed by atoms with Crippen molar-refractivity contribution >= 4 is 5.91 Å². The summed E-state index contributed by atoms with van der Waals surface area (Å²) in [6.45, 7) is 7.08. The Balaban J connectivity index is 2.34. The number of carbonyl (C=O) groups is 1. The lowest BCUT2D eigenvalue weighted by atomic mass is 10.2. The molecule has 0 spiro atoms. The standard InChI is InChI=1S/C10H15NO/c1-3-8(2)10(12)11-9-6-4-5-7-9/h3,9H,1-2,4-7H2,(H,11,12). The van der Waals surface area contributed by atoms with Crippen LogP contribution in [0, 0.1) is 0 Å². The molecular weight excluding hydrogens is 150 g/mol. The Bertz CT molecular complexity index is 202. The van der Waals surface area contributed by atoms with Crippen LogP contribution in [-0.4, -0.2) is 11.9 Å². The average Bonchev–Trinajstić information content (AvgIpc) is 2.55. The maximum Gasteiger partial charge on any atom is 0.250 e. The van der Waals surface area contributed by atoms with Gasteiger partial charge >= 0.3 is 0 Å². The molecule has 0 bridgehead atoms. The molecule has 12 heavy (non-hydrogen) atoms. The summed E-state index contributed by atoms with van der Waals surface area (Å²) in [5, 5.41) is 2.92. The third-order valence-corrected chi connectivity index (χ3v) is 2.23. The first-order valence-corrected chi connectivity index (χ1v) is 4.36. The highest BCUT2D eigenvalue weighted by Gasteiger charge is 2.17. The molecule has 2 nitrogen and oxygen atoms in total. The molecule has 1 saturated carbocycles. The molecule has 1 aliphatic carbocycles. The lowest BCUT2D eigenvalue weighted by molar-refractivity contribution is -0.117. The van der Waals surface area contributed by atoms with Gasteiger partial charge in [-0.1, -0.05) is 32.1 Å². The quantitative estimate of drug-likeness (QED) is 0.501. The Kier molecular flexibility index (Phi) is 3.09. The summed E-state index contributed by atoms with van der Waals surface area (Å²) < 4.78 is 0. The van der Waals surface area contributed by atoms with Gasteiger partial charge in [-0.3, -0.25) is 4.79 Å². The Hall–Kier alpha value is -1.05. The summed E-state index contributed by atoms with van der Waals surface area (Å²) >= 11 is 0. The van der Waals surface area contributed by atoms with E-state index in [-0.39, 0.29) is 5.91 Å². The summed E-state index contributed by atoms with van der Waals surface area (Å²) in [7, 11) is 0. The number of hydrogen-bond acceptors (Lipinski definition) is 1. The molecule has 0 aromatic rings. The van der Waals surface area contributed by atoms with Crippen LogP contribution < -0.4 is 5.32 Å². The van der Waals surface area contributed by atoms with Crippen LogP contribution in [0.4, 0.5) is 0 Å². The second-order valence-corrected chi connectivity index (χ2v) is 3.18. The Morgan fingerprint density at radius 3 is 2.50 bits per heavy atom. The van der Waals surface area contributed by atoms with E-state index in [1.807, 2.05) is 0 Å². The van der Waals surface area contributed by atoms with Crippen LogP contribution in [-0.2, 0) is 4.79 Å². The van der Waals surface area contributed by atoms with Crippen LogP contribution in [0.3, 0.4) is 0 Å². The third-order valence-electron chi connectivity index (χ3n) is 2.23.